The number of imidazole rings is 1. The molecule has 0 fully saturated rings. The normalized spacial score (nSPS) is 13.2. The molecule has 3 heterocycles. The van der Waals surface area contributed by atoms with Gasteiger partial charge in [-0.05, 0) is 47.5 Å². The Bertz CT molecular complexity index is 1590. The van der Waals surface area contributed by atoms with E-state index in [9.17, 15) is 4.79 Å². The van der Waals surface area contributed by atoms with E-state index in [4.69, 9.17) is 33.9 Å². The second kappa shape index (κ2) is 8.40. The van der Waals surface area contributed by atoms with Gasteiger partial charge in [-0.2, -0.15) is 0 Å². The smallest absolute Gasteiger partial charge is 0.251 e. The molecule has 0 unspecified atom stereocenters. The lowest BCUT2D eigenvalue weighted by Crippen LogP contribution is -2.41. The van der Waals surface area contributed by atoms with Gasteiger partial charge in [0.25, 0.3) is 5.56 Å². The second-order valence-corrected chi connectivity index (χ2v) is 9.11. The van der Waals surface area contributed by atoms with Gasteiger partial charge in [-0.25, -0.2) is 9.97 Å². The summed E-state index contributed by atoms with van der Waals surface area (Å²) in [5, 5.41) is 1.19. The Hall–Kier alpha value is -3.45. The number of benzene rings is 2. The van der Waals surface area contributed by atoms with Gasteiger partial charge in [0, 0.05) is 35.8 Å². The molecule has 170 valence electrons. The number of pyridine rings is 2. The number of fused-ring (bicyclic) bond motifs is 1. The van der Waals surface area contributed by atoms with Crippen molar-refractivity contribution in [2.75, 3.05) is 0 Å². The summed E-state index contributed by atoms with van der Waals surface area (Å²) in [7, 11) is 3.62. The van der Waals surface area contributed by atoms with E-state index in [1.54, 1.807) is 48.4 Å². The van der Waals surface area contributed by atoms with Crippen molar-refractivity contribution in [2.45, 2.75) is 5.54 Å². The van der Waals surface area contributed by atoms with Gasteiger partial charge in [-0.15, -0.1) is 0 Å². The predicted octanol–water partition coefficient (Wildman–Crippen LogP) is 4.89. The van der Waals surface area contributed by atoms with Crippen molar-refractivity contribution in [3.05, 3.63) is 117 Å². The zero-order valence-corrected chi connectivity index (χ0v) is 20.0. The Morgan fingerprint density at radius 3 is 2.38 bits per heavy atom. The van der Waals surface area contributed by atoms with Crippen LogP contribution >= 0.6 is 23.2 Å². The maximum absolute atomic E-state index is 12.7. The van der Waals surface area contributed by atoms with E-state index in [0.29, 0.717) is 32.3 Å². The summed E-state index contributed by atoms with van der Waals surface area (Å²) in [6.07, 6.45) is 3.44. The van der Waals surface area contributed by atoms with E-state index < -0.39 is 5.54 Å². The molecule has 0 aliphatic rings. The van der Waals surface area contributed by atoms with Gasteiger partial charge >= 0.3 is 0 Å². The van der Waals surface area contributed by atoms with Gasteiger partial charge in [0.15, 0.2) is 0 Å². The van der Waals surface area contributed by atoms with E-state index >= 15 is 0 Å². The zero-order valence-electron chi connectivity index (χ0n) is 18.5. The largest absolute Gasteiger partial charge is 0.335 e. The summed E-state index contributed by atoms with van der Waals surface area (Å²) in [6, 6.07) is 20.1. The molecule has 6 nitrogen and oxygen atoms in total. The van der Waals surface area contributed by atoms with Crippen LogP contribution in [0.25, 0.3) is 22.2 Å². The summed E-state index contributed by atoms with van der Waals surface area (Å²) in [4.78, 5) is 22.1. The number of nitrogens with zero attached hydrogens (tertiary/aromatic N) is 4. The summed E-state index contributed by atoms with van der Waals surface area (Å²) >= 11 is 12.4. The standard InChI is InChI=1S/C26H21Cl2N5O/c1-32-15-30-14-23(32)26(29,17-6-8-18(27)9-7-17)22-11-10-21-25(31-22)20(13-24(34)33(21)2)16-4-3-5-19(28)12-16/h3-15H,29H2,1-2H3/t26-/m1/s1. The van der Waals surface area contributed by atoms with Crippen LogP contribution in [-0.4, -0.2) is 19.1 Å². The minimum Gasteiger partial charge on any atom is -0.335 e. The lowest BCUT2D eigenvalue weighted by molar-refractivity contribution is 0.580. The molecule has 0 aliphatic heterocycles. The van der Waals surface area contributed by atoms with Crippen LogP contribution in [0.4, 0.5) is 0 Å². The maximum atomic E-state index is 12.7. The Kier molecular flexibility index (Phi) is 5.52. The number of halogens is 2. The summed E-state index contributed by atoms with van der Waals surface area (Å²) < 4.78 is 3.45. The van der Waals surface area contributed by atoms with E-state index in [0.717, 1.165) is 16.8 Å². The number of aryl methyl sites for hydroxylation is 2. The quantitative estimate of drug-likeness (QED) is 0.389. The molecular weight excluding hydrogens is 469 g/mol. The predicted molar refractivity (Wildman–Crippen MR) is 136 cm³/mol. The monoisotopic (exact) mass is 489 g/mol. The number of hydrogen-bond acceptors (Lipinski definition) is 4. The molecule has 0 spiro atoms. The van der Waals surface area contributed by atoms with Crippen LogP contribution in [0.2, 0.25) is 10.0 Å². The lowest BCUT2D eigenvalue weighted by Gasteiger charge is -2.30. The molecule has 0 bridgehead atoms. The first-order valence-corrected chi connectivity index (χ1v) is 11.3. The molecular formula is C26H21Cl2N5O. The van der Waals surface area contributed by atoms with Crippen LogP contribution in [-0.2, 0) is 19.6 Å². The van der Waals surface area contributed by atoms with Gasteiger partial charge in [-0.1, -0.05) is 47.5 Å². The summed E-state index contributed by atoms with van der Waals surface area (Å²) in [6.45, 7) is 0. The first-order valence-electron chi connectivity index (χ1n) is 10.6. The molecule has 5 aromatic rings. The first kappa shape index (κ1) is 22.3. The van der Waals surface area contributed by atoms with E-state index in [2.05, 4.69) is 4.98 Å². The Morgan fingerprint density at radius 1 is 0.941 bits per heavy atom. The molecule has 5 rings (SSSR count). The lowest BCUT2D eigenvalue weighted by atomic mass is 9.84. The average molecular weight is 490 g/mol. The molecule has 0 radical (unpaired) electrons. The highest BCUT2D eigenvalue weighted by Crippen LogP contribution is 2.36. The molecule has 2 N–H and O–H groups in total. The van der Waals surface area contributed by atoms with Crippen LogP contribution in [0.15, 0.2) is 84.0 Å². The van der Waals surface area contributed by atoms with E-state index in [1.165, 1.54) is 0 Å². The molecule has 34 heavy (non-hydrogen) atoms. The van der Waals surface area contributed by atoms with Crippen molar-refractivity contribution >= 4 is 34.2 Å². The zero-order chi connectivity index (χ0) is 24.0. The van der Waals surface area contributed by atoms with Crippen LogP contribution < -0.4 is 11.3 Å². The van der Waals surface area contributed by atoms with Crippen molar-refractivity contribution in [3.8, 4) is 11.1 Å². The van der Waals surface area contributed by atoms with Crippen molar-refractivity contribution in [3.63, 3.8) is 0 Å². The fourth-order valence-corrected chi connectivity index (χ4v) is 4.62. The number of aromatic nitrogens is 4. The molecule has 8 heteroatoms. The Balaban J connectivity index is 1.84. The summed E-state index contributed by atoms with van der Waals surface area (Å²) in [5.41, 5.74) is 10.9. The third kappa shape index (κ3) is 3.60. The minimum absolute atomic E-state index is 0.139. The van der Waals surface area contributed by atoms with Crippen molar-refractivity contribution in [1.29, 1.82) is 0 Å². The van der Waals surface area contributed by atoms with Crippen LogP contribution in [0.3, 0.4) is 0 Å². The van der Waals surface area contributed by atoms with Gasteiger partial charge in [-0.3, -0.25) is 4.79 Å². The van der Waals surface area contributed by atoms with Gasteiger partial charge in [0.05, 0.1) is 34.9 Å². The van der Waals surface area contributed by atoms with Crippen molar-refractivity contribution in [2.24, 2.45) is 19.8 Å². The van der Waals surface area contributed by atoms with Crippen molar-refractivity contribution < 1.29 is 0 Å². The molecule has 0 amide bonds. The van der Waals surface area contributed by atoms with Gasteiger partial charge in [0.2, 0.25) is 0 Å². The highest BCUT2D eigenvalue weighted by atomic mass is 35.5. The minimum atomic E-state index is -1.12. The fourth-order valence-electron chi connectivity index (χ4n) is 4.30. The highest BCUT2D eigenvalue weighted by Gasteiger charge is 2.36. The molecule has 0 saturated heterocycles. The average Bonchev–Trinajstić information content (AvgIpc) is 3.27. The summed E-state index contributed by atoms with van der Waals surface area (Å²) in [5.74, 6) is 0. The van der Waals surface area contributed by atoms with Crippen LogP contribution in [0, 0.1) is 0 Å². The molecule has 2 aromatic carbocycles. The third-order valence-electron chi connectivity index (χ3n) is 6.15. The number of nitrogens with two attached hydrogens (primary N) is 1. The van der Waals surface area contributed by atoms with E-state index in [-0.39, 0.29) is 5.56 Å². The van der Waals surface area contributed by atoms with Gasteiger partial charge < -0.3 is 14.9 Å². The van der Waals surface area contributed by atoms with Crippen LogP contribution in [0.1, 0.15) is 17.0 Å². The molecule has 0 saturated carbocycles. The van der Waals surface area contributed by atoms with Gasteiger partial charge in [0.1, 0.15) is 5.54 Å². The Labute approximate surface area is 206 Å². The molecule has 0 aliphatic carbocycles. The van der Waals surface area contributed by atoms with Crippen molar-refractivity contribution in [1.82, 2.24) is 19.1 Å². The Morgan fingerprint density at radius 2 is 1.71 bits per heavy atom. The second-order valence-electron chi connectivity index (χ2n) is 8.23. The molecule has 3 aromatic heterocycles. The molecule has 1 atom stereocenters. The third-order valence-corrected chi connectivity index (χ3v) is 6.64. The number of rotatable bonds is 4. The first-order chi connectivity index (χ1) is 16.3. The number of hydrogen-bond donors (Lipinski definition) is 1. The maximum Gasteiger partial charge on any atom is 0.251 e. The highest BCUT2D eigenvalue weighted by molar-refractivity contribution is 6.31. The van der Waals surface area contributed by atoms with Crippen LogP contribution in [0.5, 0.6) is 0 Å². The van der Waals surface area contributed by atoms with E-state index in [1.807, 2.05) is 54.1 Å². The SMILES string of the molecule is Cn1cncc1[C@@](N)(c1ccc(Cl)cc1)c1ccc2c(n1)c(-c1cccc(Cl)c1)cc(=O)n2C. The fraction of sp³-hybridized carbons (Fsp3) is 0.115. The topological polar surface area (TPSA) is 78.7 Å².